The second-order valence-corrected chi connectivity index (χ2v) is 5.51. The predicted octanol–water partition coefficient (Wildman–Crippen LogP) is 2.75. The fraction of sp³-hybridized carbons (Fsp3) is 0.222. The van der Waals surface area contributed by atoms with Crippen molar-refractivity contribution in [1.82, 2.24) is 0 Å². The molecule has 118 valence electrons. The number of benzene rings is 2. The molecule has 1 N–H and O–H groups in total. The van der Waals surface area contributed by atoms with Crippen molar-refractivity contribution < 1.29 is 14.3 Å². The molecule has 0 spiro atoms. The minimum absolute atomic E-state index is 0.130. The zero-order valence-corrected chi connectivity index (χ0v) is 13.1. The predicted molar refractivity (Wildman–Crippen MR) is 88.7 cm³/mol. The third-order valence-electron chi connectivity index (χ3n) is 3.83. The van der Waals surface area contributed by atoms with Gasteiger partial charge < -0.3 is 10.1 Å². The Bertz CT molecular complexity index is 757. The molecule has 1 saturated heterocycles. The number of carbonyl (C=O) groups excluding carboxylic acids is 2. The van der Waals surface area contributed by atoms with Crippen LogP contribution in [0.2, 0.25) is 0 Å². The summed E-state index contributed by atoms with van der Waals surface area (Å²) < 4.78 is 5.26. The van der Waals surface area contributed by atoms with E-state index in [4.69, 9.17) is 4.74 Å². The van der Waals surface area contributed by atoms with Crippen molar-refractivity contribution in [2.24, 2.45) is 0 Å². The summed E-state index contributed by atoms with van der Waals surface area (Å²) in [5, 5.41) is 3.15. The molecule has 0 aliphatic carbocycles. The Morgan fingerprint density at radius 1 is 1.13 bits per heavy atom. The first-order valence-electron chi connectivity index (χ1n) is 7.43. The number of imide groups is 1. The molecular formula is C18H18N2O3. The van der Waals surface area contributed by atoms with E-state index >= 15 is 0 Å². The maximum absolute atomic E-state index is 12.7. The van der Waals surface area contributed by atoms with Crippen molar-refractivity contribution in [2.75, 3.05) is 17.3 Å². The standard InChI is InChI=1S/C18H18N2O3/c1-12-6-5-7-13(10-12)19-14-11-17(21)20(18(14)22)15-8-3-4-9-16(15)23-2/h3-10,14,19H,11H2,1-2H3/t14-/m0/s1. The normalized spacial score (nSPS) is 17.5. The fourth-order valence-electron chi connectivity index (χ4n) is 2.75. The lowest BCUT2D eigenvalue weighted by Crippen LogP contribution is -2.35. The molecule has 2 aromatic rings. The third kappa shape index (κ3) is 2.90. The average Bonchev–Trinajstić information content (AvgIpc) is 2.81. The number of amides is 2. The summed E-state index contributed by atoms with van der Waals surface area (Å²) in [7, 11) is 1.52. The molecular weight excluding hydrogens is 292 g/mol. The van der Waals surface area contributed by atoms with Crippen LogP contribution < -0.4 is 15.0 Å². The molecule has 0 radical (unpaired) electrons. The Morgan fingerprint density at radius 2 is 1.91 bits per heavy atom. The van der Waals surface area contributed by atoms with Crippen molar-refractivity contribution in [2.45, 2.75) is 19.4 Å². The minimum Gasteiger partial charge on any atom is -0.495 e. The number of rotatable bonds is 4. The van der Waals surface area contributed by atoms with Gasteiger partial charge in [0.15, 0.2) is 0 Å². The molecule has 1 fully saturated rings. The van der Waals surface area contributed by atoms with Gasteiger partial charge in [-0.2, -0.15) is 0 Å². The number of hydrogen-bond acceptors (Lipinski definition) is 4. The molecule has 5 heteroatoms. The zero-order chi connectivity index (χ0) is 16.4. The van der Waals surface area contributed by atoms with Crippen molar-refractivity contribution in [3.63, 3.8) is 0 Å². The molecule has 23 heavy (non-hydrogen) atoms. The summed E-state index contributed by atoms with van der Waals surface area (Å²) in [6.45, 7) is 1.98. The van der Waals surface area contributed by atoms with Gasteiger partial charge in [-0.1, -0.05) is 24.3 Å². The molecule has 0 aromatic heterocycles. The van der Waals surface area contributed by atoms with Gasteiger partial charge in [-0.3, -0.25) is 9.59 Å². The Hall–Kier alpha value is -2.82. The van der Waals surface area contributed by atoms with Crippen molar-refractivity contribution in [1.29, 1.82) is 0 Å². The summed E-state index contributed by atoms with van der Waals surface area (Å²) in [5.41, 5.74) is 2.41. The first kappa shape index (κ1) is 15.1. The first-order chi connectivity index (χ1) is 11.1. The van der Waals surface area contributed by atoms with Crippen LogP contribution in [0.3, 0.4) is 0 Å². The molecule has 5 nitrogen and oxygen atoms in total. The largest absolute Gasteiger partial charge is 0.495 e. The van der Waals surface area contributed by atoms with Crippen molar-refractivity contribution in [3.05, 3.63) is 54.1 Å². The summed E-state index contributed by atoms with van der Waals surface area (Å²) in [4.78, 5) is 26.2. The number of anilines is 2. The topological polar surface area (TPSA) is 58.6 Å². The zero-order valence-electron chi connectivity index (χ0n) is 13.1. The highest BCUT2D eigenvalue weighted by Crippen LogP contribution is 2.32. The molecule has 1 atom stereocenters. The van der Waals surface area contributed by atoms with Crippen LogP contribution in [0.1, 0.15) is 12.0 Å². The number of nitrogens with one attached hydrogen (secondary N) is 1. The van der Waals surface area contributed by atoms with E-state index in [2.05, 4.69) is 5.32 Å². The molecule has 1 aliphatic heterocycles. The molecule has 0 bridgehead atoms. The van der Waals surface area contributed by atoms with Crippen molar-refractivity contribution in [3.8, 4) is 5.75 Å². The smallest absolute Gasteiger partial charge is 0.256 e. The van der Waals surface area contributed by atoms with E-state index in [0.717, 1.165) is 11.3 Å². The Labute approximate surface area is 134 Å². The van der Waals surface area contributed by atoms with E-state index in [9.17, 15) is 9.59 Å². The van der Waals surface area contributed by atoms with Gasteiger partial charge in [-0.05, 0) is 36.8 Å². The Morgan fingerprint density at radius 3 is 2.65 bits per heavy atom. The van der Waals surface area contributed by atoms with E-state index in [1.807, 2.05) is 31.2 Å². The first-order valence-corrected chi connectivity index (χ1v) is 7.43. The summed E-state index contributed by atoms with van der Waals surface area (Å²) in [6.07, 6.45) is 0.130. The number of nitrogens with zero attached hydrogens (tertiary/aromatic N) is 1. The third-order valence-corrected chi connectivity index (χ3v) is 3.83. The van der Waals surface area contributed by atoms with Crippen LogP contribution in [0.25, 0.3) is 0 Å². The summed E-state index contributed by atoms with van der Waals surface area (Å²) in [6, 6.07) is 14.2. The molecule has 2 amide bonds. The van der Waals surface area contributed by atoms with Gasteiger partial charge in [0.05, 0.1) is 19.2 Å². The van der Waals surface area contributed by atoms with E-state index in [-0.39, 0.29) is 18.2 Å². The second kappa shape index (κ2) is 6.12. The van der Waals surface area contributed by atoms with E-state index in [1.165, 1.54) is 12.0 Å². The quantitative estimate of drug-likeness (QED) is 0.882. The molecule has 0 saturated carbocycles. The lowest BCUT2D eigenvalue weighted by molar-refractivity contribution is -0.121. The fourth-order valence-corrected chi connectivity index (χ4v) is 2.75. The summed E-state index contributed by atoms with van der Waals surface area (Å²) in [5.74, 6) is 0.0102. The maximum atomic E-state index is 12.7. The highest BCUT2D eigenvalue weighted by Gasteiger charge is 2.40. The van der Waals surface area contributed by atoms with Gasteiger partial charge in [0.1, 0.15) is 11.8 Å². The van der Waals surface area contributed by atoms with Gasteiger partial charge in [-0.15, -0.1) is 0 Å². The Kier molecular flexibility index (Phi) is 4.02. The average molecular weight is 310 g/mol. The number of aryl methyl sites for hydroxylation is 1. The monoisotopic (exact) mass is 310 g/mol. The number of ether oxygens (including phenoxy) is 1. The van der Waals surface area contributed by atoms with Gasteiger partial charge in [0.25, 0.3) is 5.91 Å². The number of hydrogen-bond donors (Lipinski definition) is 1. The van der Waals surface area contributed by atoms with Crippen molar-refractivity contribution >= 4 is 23.2 Å². The number of para-hydroxylation sites is 2. The van der Waals surface area contributed by atoms with Crippen LogP contribution in [-0.2, 0) is 9.59 Å². The van der Waals surface area contributed by atoms with Gasteiger partial charge >= 0.3 is 0 Å². The van der Waals surface area contributed by atoms with Crippen LogP contribution in [0, 0.1) is 6.92 Å². The van der Waals surface area contributed by atoms with Gasteiger partial charge in [0.2, 0.25) is 5.91 Å². The van der Waals surface area contributed by atoms with Crippen LogP contribution >= 0.6 is 0 Å². The minimum atomic E-state index is -0.561. The van der Waals surface area contributed by atoms with E-state index in [1.54, 1.807) is 24.3 Å². The lowest BCUT2D eigenvalue weighted by atomic mass is 10.2. The van der Waals surface area contributed by atoms with Crippen LogP contribution in [-0.4, -0.2) is 25.0 Å². The van der Waals surface area contributed by atoms with E-state index in [0.29, 0.717) is 11.4 Å². The molecule has 1 aliphatic rings. The summed E-state index contributed by atoms with van der Waals surface area (Å²) >= 11 is 0. The van der Waals surface area contributed by atoms with Crippen LogP contribution in [0.5, 0.6) is 5.75 Å². The van der Waals surface area contributed by atoms with E-state index < -0.39 is 6.04 Å². The highest BCUT2D eigenvalue weighted by molar-refractivity contribution is 6.23. The number of methoxy groups -OCH3 is 1. The molecule has 3 rings (SSSR count). The Balaban J connectivity index is 1.85. The van der Waals surface area contributed by atoms with Gasteiger partial charge in [-0.25, -0.2) is 4.90 Å². The van der Waals surface area contributed by atoms with Crippen LogP contribution in [0.4, 0.5) is 11.4 Å². The molecule has 2 aromatic carbocycles. The molecule has 1 heterocycles. The van der Waals surface area contributed by atoms with Gasteiger partial charge in [0, 0.05) is 5.69 Å². The number of carbonyl (C=O) groups is 2. The van der Waals surface area contributed by atoms with Crippen LogP contribution in [0.15, 0.2) is 48.5 Å². The SMILES string of the molecule is COc1ccccc1N1C(=O)C[C@H](Nc2cccc(C)c2)C1=O. The maximum Gasteiger partial charge on any atom is 0.256 e. The molecule has 0 unspecified atom stereocenters. The lowest BCUT2D eigenvalue weighted by Gasteiger charge is -2.18. The second-order valence-electron chi connectivity index (χ2n) is 5.51. The highest BCUT2D eigenvalue weighted by atomic mass is 16.5.